The Hall–Kier alpha value is -1.06. The largest absolute Gasteiger partial charge is 0.468 e. The minimum absolute atomic E-state index is 0.00152. The van der Waals surface area contributed by atoms with Crippen LogP contribution in [-0.2, 0) is 19.1 Å². The molecule has 0 aliphatic heterocycles. The molecule has 0 saturated heterocycles. The van der Waals surface area contributed by atoms with Crippen molar-refractivity contribution in [3.63, 3.8) is 0 Å². The van der Waals surface area contributed by atoms with E-state index in [1.54, 1.807) is 0 Å². The summed E-state index contributed by atoms with van der Waals surface area (Å²) in [5, 5.41) is 0. The number of carbonyl (C=O) groups is 2. The van der Waals surface area contributed by atoms with Gasteiger partial charge in [-0.25, -0.2) is 0 Å². The van der Waals surface area contributed by atoms with Gasteiger partial charge in [0.05, 0.1) is 7.11 Å². The summed E-state index contributed by atoms with van der Waals surface area (Å²) in [5.74, 6) is -1.80. The zero-order valence-electron chi connectivity index (χ0n) is 9.32. The van der Waals surface area contributed by atoms with Crippen LogP contribution in [0.15, 0.2) is 0 Å². The Labute approximate surface area is 89.9 Å². The normalized spacial score (nSPS) is 19.3. The SMILES string of the molecule is COC(=O)C(C)C(=O)OC1CCCCC1. The Kier molecular flexibility index (Phi) is 4.59. The average Bonchev–Trinajstić information content (AvgIpc) is 2.28. The number of methoxy groups -OCH3 is 1. The Morgan fingerprint density at radius 2 is 1.73 bits per heavy atom. The second-order valence-corrected chi connectivity index (χ2v) is 3.94. The highest BCUT2D eigenvalue weighted by molar-refractivity contribution is 5.94. The summed E-state index contributed by atoms with van der Waals surface area (Å²) in [6.45, 7) is 1.51. The smallest absolute Gasteiger partial charge is 0.320 e. The van der Waals surface area contributed by atoms with Gasteiger partial charge in [0, 0.05) is 0 Å². The topological polar surface area (TPSA) is 52.6 Å². The number of hydrogen-bond acceptors (Lipinski definition) is 4. The summed E-state index contributed by atoms with van der Waals surface area (Å²) >= 11 is 0. The van der Waals surface area contributed by atoms with Gasteiger partial charge in [0.15, 0.2) is 5.92 Å². The molecule has 1 aliphatic rings. The maximum Gasteiger partial charge on any atom is 0.320 e. The summed E-state index contributed by atoms with van der Waals surface area (Å²) in [5.41, 5.74) is 0. The van der Waals surface area contributed by atoms with Gasteiger partial charge in [-0.1, -0.05) is 6.42 Å². The maximum atomic E-state index is 11.5. The molecule has 15 heavy (non-hydrogen) atoms. The zero-order chi connectivity index (χ0) is 11.3. The third-order valence-electron chi connectivity index (χ3n) is 2.74. The third kappa shape index (κ3) is 3.53. The van der Waals surface area contributed by atoms with Crippen LogP contribution in [0.25, 0.3) is 0 Å². The van der Waals surface area contributed by atoms with Crippen LogP contribution < -0.4 is 0 Å². The Morgan fingerprint density at radius 3 is 2.27 bits per heavy atom. The monoisotopic (exact) mass is 214 g/mol. The minimum atomic E-state index is -0.808. The van der Waals surface area contributed by atoms with E-state index in [4.69, 9.17) is 4.74 Å². The Morgan fingerprint density at radius 1 is 1.13 bits per heavy atom. The van der Waals surface area contributed by atoms with Crippen LogP contribution in [0.2, 0.25) is 0 Å². The number of carbonyl (C=O) groups excluding carboxylic acids is 2. The standard InChI is InChI=1S/C11H18O4/c1-8(10(12)14-2)11(13)15-9-6-4-3-5-7-9/h8-9H,3-7H2,1-2H3. The summed E-state index contributed by atoms with van der Waals surface area (Å²) in [7, 11) is 1.27. The molecular formula is C11H18O4. The minimum Gasteiger partial charge on any atom is -0.468 e. The van der Waals surface area contributed by atoms with Crippen molar-refractivity contribution in [2.75, 3.05) is 7.11 Å². The fourth-order valence-corrected chi connectivity index (χ4v) is 1.72. The molecule has 0 aromatic heterocycles. The fraction of sp³-hybridized carbons (Fsp3) is 0.818. The molecule has 0 radical (unpaired) electrons. The van der Waals surface area contributed by atoms with Gasteiger partial charge in [0.1, 0.15) is 6.10 Å². The molecule has 0 aromatic carbocycles. The molecule has 86 valence electrons. The third-order valence-corrected chi connectivity index (χ3v) is 2.74. The van der Waals surface area contributed by atoms with Gasteiger partial charge in [0.2, 0.25) is 0 Å². The van der Waals surface area contributed by atoms with E-state index in [9.17, 15) is 9.59 Å². The fourth-order valence-electron chi connectivity index (χ4n) is 1.72. The predicted molar refractivity (Wildman–Crippen MR) is 54.1 cm³/mol. The molecular weight excluding hydrogens is 196 g/mol. The van der Waals surface area contributed by atoms with Gasteiger partial charge in [-0.05, 0) is 32.6 Å². The van der Waals surface area contributed by atoms with Gasteiger partial charge >= 0.3 is 11.9 Å². The molecule has 1 unspecified atom stereocenters. The van der Waals surface area contributed by atoms with Gasteiger partial charge in [0.25, 0.3) is 0 Å². The first-order chi connectivity index (χ1) is 7.15. The van der Waals surface area contributed by atoms with Crippen LogP contribution in [0.1, 0.15) is 39.0 Å². The molecule has 4 heteroatoms. The lowest BCUT2D eigenvalue weighted by molar-refractivity contribution is -0.164. The lowest BCUT2D eigenvalue weighted by atomic mass is 9.97. The van der Waals surface area contributed by atoms with E-state index in [2.05, 4.69) is 4.74 Å². The molecule has 1 rings (SSSR count). The highest BCUT2D eigenvalue weighted by Gasteiger charge is 2.27. The van der Waals surface area contributed by atoms with Crippen LogP contribution in [0.5, 0.6) is 0 Å². The van der Waals surface area contributed by atoms with Crippen molar-refractivity contribution < 1.29 is 19.1 Å². The van der Waals surface area contributed by atoms with Crippen LogP contribution in [0, 0.1) is 5.92 Å². The molecule has 4 nitrogen and oxygen atoms in total. The van der Waals surface area contributed by atoms with E-state index < -0.39 is 17.9 Å². The summed E-state index contributed by atoms with van der Waals surface area (Å²) < 4.78 is 9.72. The van der Waals surface area contributed by atoms with Crippen LogP contribution in [0.3, 0.4) is 0 Å². The van der Waals surface area contributed by atoms with E-state index in [1.807, 2.05) is 0 Å². The molecule has 0 amide bonds. The zero-order valence-corrected chi connectivity index (χ0v) is 9.32. The number of esters is 2. The van der Waals surface area contributed by atoms with E-state index in [-0.39, 0.29) is 6.10 Å². The van der Waals surface area contributed by atoms with E-state index in [0.717, 1.165) is 25.7 Å². The molecule has 1 saturated carbocycles. The summed E-state index contributed by atoms with van der Waals surface area (Å²) in [4.78, 5) is 22.6. The van der Waals surface area contributed by atoms with Gasteiger partial charge < -0.3 is 9.47 Å². The molecule has 0 spiro atoms. The average molecular weight is 214 g/mol. The van der Waals surface area contributed by atoms with Crippen molar-refractivity contribution in [2.24, 2.45) is 5.92 Å². The van der Waals surface area contributed by atoms with Crippen molar-refractivity contribution in [2.45, 2.75) is 45.1 Å². The van der Waals surface area contributed by atoms with E-state index >= 15 is 0 Å². The van der Waals surface area contributed by atoms with Crippen LogP contribution in [0.4, 0.5) is 0 Å². The first-order valence-corrected chi connectivity index (χ1v) is 5.43. The molecule has 0 heterocycles. The highest BCUT2D eigenvalue weighted by Crippen LogP contribution is 2.21. The van der Waals surface area contributed by atoms with Crippen LogP contribution in [-0.4, -0.2) is 25.2 Å². The Balaban J connectivity index is 2.36. The lowest BCUT2D eigenvalue weighted by Crippen LogP contribution is -2.29. The quantitative estimate of drug-likeness (QED) is 0.529. The highest BCUT2D eigenvalue weighted by atomic mass is 16.6. The molecule has 0 N–H and O–H groups in total. The van der Waals surface area contributed by atoms with Crippen molar-refractivity contribution in [3.8, 4) is 0 Å². The van der Waals surface area contributed by atoms with E-state index in [1.165, 1.54) is 20.5 Å². The van der Waals surface area contributed by atoms with Crippen molar-refractivity contribution in [1.82, 2.24) is 0 Å². The lowest BCUT2D eigenvalue weighted by Gasteiger charge is -2.22. The summed E-state index contributed by atoms with van der Waals surface area (Å²) in [6.07, 6.45) is 5.24. The van der Waals surface area contributed by atoms with Gasteiger partial charge in [-0.15, -0.1) is 0 Å². The van der Waals surface area contributed by atoms with Crippen molar-refractivity contribution in [1.29, 1.82) is 0 Å². The second kappa shape index (κ2) is 5.73. The Bertz CT molecular complexity index is 231. The van der Waals surface area contributed by atoms with E-state index in [0.29, 0.717) is 0 Å². The predicted octanol–water partition coefficient (Wildman–Crippen LogP) is 1.67. The summed E-state index contributed by atoms with van der Waals surface area (Å²) in [6, 6.07) is 0. The molecule has 1 fully saturated rings. The molecule has 1 atom stereocenters. The first kappa shape index (κ1) is 12.0. The molecule has 0 bridgehead atoms. The maximum absolute atomic E-state index is 11.5. The number of ether oxygens (including phenoxy) is 2. The number of rotatable bonds is 3. The van der Waals surface area contributed by atoms with Crippen molar-refractivity contribution >= 4 is 11.9 Å². The number of hydrogen-bond donors (Lipinski definition) is 0. The van der Waals surface area contributed by atoms with Crippen molar-refractivity contribution in [3.05, 3.63) is 0 Å². The molecule has 1 aliphatic carbocycles. The van der Waals surface area contributed by atoms with Gasteiger partial charge in [-0.3, -0.25) is 9.59 Å². The molecule has 0 aromatic rings. The van der Waals surface area contributed by atoms with Gasteiger partial charge in [-0.2, -0.15) is 0 Å². The second-order valence-electron chi connectivity index (χ2n) is 3.94. The first-order valence-electron chi connectivity index (χ1n) is 5.43. The van der Waals surface area contributed by atoms with Crippen LogP contribution >= 0.6 is 0 Å².